The molecule has 4 rings (SSSR count). The lowest BCUT2D eigenvalue weighted by molar-refractivity contribution is -0.892. The fourth-order valence-electron chi connectivity index (χ4n) is 3.91. The van der Waals surface area contributed by atoms with E-state index >= 15 is 0 Å². The summed E-state index contributed by atoms with van der Waals surface area (Å²) < 4.78 is 0. The van der Waals surface area contributed by atoms with E-state index in [0.29, 0.717) is 6.54 Å². The topological polar surface area (TPSA) is 50.9 Å². The summed E-state index contributed by atoms with van der Waals surface area (Å²) in [6, 6.07) is 26.4. The van der Waals surface area contributed by atoms with Gasteiger partial charge in [0.05, 0.1) is 12.2 Å². The van der Waals surface area contributed by atoms with E-state index in [-0.39, 0.29) is 11.9 Å². The van der Waals surface area contributed by atoms with Crippen molar-refractivity contribution < 1.29 is 14.7 Å². The van der Waals surface area contributed by atoms with Gasteiger partial charge in [-0.25, -0.2) is 4.98 Å². The Morgan fingerprint density at radius 3 is 2.03 bits per heavy atom. The molecule has 2 heterocycles. The number of benzene rings is 2. The number of nitrogens with one attached hydrogen (secondary N) is 3. The monoisotopic (exact) mass is 388 g/mol. The zero-order chi connectivity index (χ0) is 19.9. The summed E-state index contributed by atoms with van der Waals surface area (Å²) in [5.41, 5.74) is 2.21. The van der Waals surface area contributed by atoms with E-state index in [1.54, 1.807) is 0 Å². The third kappa shape index (κ3) is 5.00. The van der Waals surface area contributed by atoms with Gasteiger partial charge in [0.1, 0.15) is 26.2 Å². The van der Waals surface area contributed by atoms with Gasteiger partial charge >= 0.3 is 0 Å². The lowest BCUT2D eigenvalue weighted by Gasteiger charge is -2.28. The molecule has 0 bridgehead atoms. The number of hydrogen-bond acceptors (Lipinski definition) is 2. The zero-order valence-corrected chi connectivity index (χ0v) is 16.6. The largest absolute Gasteiger partial charge is 0.340 e. The number of nitrogens with zero attached hydrogens (tertiary/aromatic N) is 1. The molecule has 1 saturated heterocycles. The van der Waals surface area contributed by atoms with E-state index < -0.39 is 0 Å². The Bertz CT molecular complexity index is 854. The fourth-order valence-corrected chi connectivity index (χ4v) is 3.91. The number of carbonyl (C=O) groups is 1. The molecule has 2 aromatic carbocycles. The standard InChI is InChI=1S/C24H26N4O/c29-23(19-27-15-17-28(18-16-27)22-13-7-8-14-25-22)26-24(20-9-3-1-4-10-20)21-11-5-2-6-12-21/h1-14,24H,15-19H2,(H,26,29)/p+2. The molecule has 3 aromatic rings. The molecule has 1 aliphatic rings. The molecule has 5 nitrogen and oxygen atoms in total. The van der Waals surface area contributed by atoms with E-state index in [1.807, 2.05) is 54.7 Å². The Kier molecular flexibility index (Phi) is 6.17. The number of pyridine rings is 1. The SMILES string of the molecule is O=C(C[NH+]1CCN(c2cccc[nH+]2)CC1)NC(c1ccccc1)c1ccccc1. The third-order valence-corrected chi connectivity index (χ3v) is 5.49. The van der Waals surface area contributed by atoms with Crippen molar-refractivity contribution >= 4 is 11.7 Å². The number of H-pyrrole nitrogens is 1. The minimum atomic E-state index is -0.121. The lowest BCUT2D eigenvalue weighted by Crippen LogP contribution is -3.16. The summed E-state index contributed by atoms with van der Waals surface area (Å²) in [5.74, 6) is 1.24. The Morgan fingerprint density at radius 1 is 0.897 bits per heavy atom. The summed E-state index contributed by atoms with van der Waals surface area (Å²) in [6.07, 6.45) is 1.95. The second kappa shape index (κ2) is 9.34. The van der Waals surface area contributed by atoms with Gasteiger partial charge in [-0.3, -0.25) is 9.69 Å². The molecule has 0 aliphatic carbocycles. The third-order valence-electron chi connectivity index (χ3n) is 5.49. The van der Waals surface area contributed by atoms with Crippen LogP contribution in [0.15, 0.2) is 85.1 Å². The van der Waals surface area contributed by atoms with Gasteiger partial charge in [-0.05, 0) is 17.2 Å². The predicted octanol–water partition coefficient (Wildman–Crippen LogP) is 1.11. The molecular weight excluding hydrogens is 360 g/mol. The quantitative estimate of drug-likeness (QED) is 0.665. The van der Waals surface area contributed by atoms with Crippen molar-refractivity contribution in [1.29, 1.82) is 0 Å². The molecule has 0 unspecified atom stereocenters. The maximum atomic E-state index is 12.9. The normalized spacial score (nSPS) is 14.7. The molecule has 3 N–H and O–H groups in total. The molecule has 5 heteroatoms. The Morgan fingerprint density at radius 2 is 1.48 bits per heavy atom. The number of quaternary nitrogens is 1. The van der Waals surface area contributed by atoms with Crippen molar-refractivity contribution in [2.24, 2.45) is 0 Å². The van der Waals surface area contributed by atoms with Crippen LogP contribution < -0.4 is 20.1 Å². The van der Waals surface area contributed by atoms with Gasteiger partial charge < -0.3 is 10.2 Å². The molecule has 0 spiro atoms. The van der Waals surface area contributed by atoms with Gasteiger partial charge in [-0.15, -0.1) is 0 Å². The zero-order valence-electron chi connectivity index (χ0n) is 16.6. The second-order valence-electron chi connectivity index (χ2n) is 7.48. The molecule has 1 fully saturated rings. The van der Waals surface area contributed by atoms with Gasteiger partial charge in [0.25, 0.3) is 11.7 Å². The van der Waals surface area contributed by atoms with Gasteiger partial charge in [-0.1, -0.05) is 66.7 Å². The molecular formula is C24H28N4O+2. The van der Waals surface area contributed by atoms with E-state index in [1.165, 1.54) is 4.90 Å². The molecule has 1 aromatic heterocycles. The molecule has 1 aliphatic heterocycles. The van der Waals surface area contributed by atoms with Crippen LogP contribution in [-0.4, -0.2) is 38.6 Å². The number of hydrogen-bond donors (Lipinski definition) is 2. The van der Waals surface area contributed by atoms with E-state index in [0.717, 1.165) is 43.1 Å². The second-order valence-corrected chi connectivity index (χ2v) is 7.48. The van der Waals surface area contributed by atoms with Gasteiger partial charge in [0.15, 0.2) is 6.54 Å². The number of anilines is 1. The minimum Gasteiger partial charge on any atom is -0.340 e. The number of aromatic amines is 1. The fraction of sp³-hybridized carbons (Fsp3) is 0.250. The molecule has 0 radical (unpaired) electrons. The molecule has 148 valence electrons. The number of carbonyl (C=O) groups excluding carboxylic acids is 1. The summed E-state index contributed by atoms with van der Waals surface area (Å²) in [6.45, 7) is 4.31. The first-order valence-electron chi connectivity index (χ1n) is 10.2. The van der Waals surface area contributed by atoms with Crippen LogP contribution in [0.4, 0.5) is 5.82 Å². The van der Waals surface area contributed by atoms with Crippen LogP contribution in [0.2, 0.25) is 0 Å². The molecule has 0 atom stereocenters. The first-order valence-corrected chi connectivity index (χ1v) is 10.2. The number of amides is 1. The first-order chi connectivity index (χ1) is 14.3. The van der Waals surface area contributed by atoms with Gasteiger partial charge in [-0.2, -0.15) is 0 Å². The first kappa shape index (κ1) is 19.2. The van der Waals surface area contributed by atoms with Crippen LogP contribution in [0.25, 0.3) is 0 Å². The highest BCUT2D eigenvalue weighted by molar-refractivity contribution is 5.78. The molecule has 29 heavy (non-hydrogen) atoms. The maximum Gasteiger partial charge on any atom is 0.275 e. The predicted molar refractivity (Wildman–Crippen MR) is 114 cm³/mol. The smallest absolute Gasteiger partial charge is 0.275 e. The van der Waals surface area contributed by atoms with Crippen LogP contribution >= 0.6 is 0 Å². The van der Waals surface area contributed by atoms with Crippen molar-refractivity contribution in [3.63, 3.8) is 0 Å². The highest BCUT2D eigenvalue weighted by atomic mass is 16.2. The van der Waals surface area contributed by atoms with Crippen LogP contribution in [0.3, 0.4) is 0 Å². The van der Waals surface area contributed by atoms with Crippen molar-refractivity contribution in [3.05, 3.63) is 96.2 Å². The van der Waals surface area contributed by atoms with E-state index in [4.69, 9.17) is 0 Å². The maximum absolute atomic E-state index is 12.9. The van der Waals surface area contributed by atoms with Crippen molar-refractivity contribution in [1.82, 2.24) is 5.32 Å². The van der Waals surface area contributed by atoms with Crippen molar-refractivity contribution in [2.45, 2.75) is 6.04 Å². The average Bonchev–Trinajstić information content (AvgIpc) is 2.80. The van der Waals surface area contributed by atoms with Crippen LogP contribution in [0, 0.1) is 0 Å². The van der Waals surface area contributed by atoms with E-state index in [9.17, 15) is 4.79 Å². The summed E-state index contributed by atoms with van der Waals surface area (Å²) in [5, 5.41) is 3.26. The van der Waals surface area contributed by atoms with Gasteiger partial charge in [0.2, 0.25) is 0 Å². The molecule has 1 amide bonds. The number of piperazine rings is 1. The Hall–Kier alpha value is -3.18. The molecule has 0 saturated carbocycles. The highest BCUT2D eigenvalue weighted by Crippen LogP contribution is 2.21. The van der Waals surface area contributed by atoms with Gasteiger partial charge in [0, 0.05) is 6.07 Å². The van der Waals surface area contributed by atoms with E-state index in [2.05, 4.69) is 45.5 Å². The summed E-state index contributed by atoms with van der Waals surface area (Å²) >= 11 is 0. The number of aromatic nitrogens is 1. The average molecular weight is 389 g/mol. The highest BCUT2D eigenvalue weighted by Gasteiger charge is 2.28. The summed E-state index contributed by atoms with van der Waals surface area (Å²) in [7, 11) is 0. The number of rotatable bonds is 6. The van der Waals surface area contributed by atoms with Crippen molar-refractivity contribution in [2.75, 3.05) is 37.6 Å². The summed E-state index contributed by atoms with van der Waals surface area (Å²) in [4.78, 5) is 19.8. The minimum absolute atomic E-state index is 0.0948. The Labute approximate surface area is 172 Å². The van der Waals surface area contributed by atoms with Crippen molar-refractivity contribution in [3.8, 4) is 0 Å². The lowest BCUT2D eigenvalue weighted by atomic mass is 9.99. The van der Waals surface area contributed by atoms with Crippen LogP contribution in [-0.2, 0) is 4.79 Å². The van der Waals surface area contributed by atoms with Crippen LogP contribution in [0.5, 0.6) is 0 Å². The van der Waals surface area contributed by atoms with Crippen LogP contribution in [0.1, 0.15) is 17.2 Å². The Balaban J connectivity index is 1.37.